The molecular weight excluding hydrogens is 1110 g/mol. The lowest BCUT2D eigenvalue weighted by molar-refractivity contribution is -0.114. The van der Waals surface area contributed by atoms with Crippen LogP contribution in [0, 0.1) is 6.92 Å². The number of carbonyl (C=O) groups excluding carboxylic acids is 3. The van der Waals surface area contributed by atoms with Gasteiger partial charge in [-0.15, -0.1) is 0 Å². The average Bonchev–Trinajstić information content (AvgIpc) is 1.82. The van der Waals surface area contributed by atoms with Crippen LogP contribution in [-0.4, -0.2) is 64.0 Å². The number of imidazole rings is 2. The third-order valence-corrected chi connectivity index (χ3v) is 15.6. The van der Waals surface area contributed by atoms with Gasteiger partial charge >= 0.3 is 0 Å². The number of phenolic OH excluding ortho intramolecular Hbond substituents is 1. The second-order valence-corrected chi connectivity index (χ2v) is 21.5. The van der Waals surface area contributed by atoms with E-state index in [4.69, 9.17) is 13.9 Å². The number of aromatic nitrogens is 4. The smallest absolute Gasteiger partial charge is 0.296 e. The molecule has 3 heterocycles. The summed E-state index contributed by atoms with van der Waals surface area (Å²) in [6.45, 7) is 3.78. The van der Waals surface area contributed by atoms with Crippen LogP contribution in [0.15, 0.2) is 267 Å². The Kier molecular flexibility index (Phi) is 20.8. The zero-order valence-corrected chi connectivity index (χ0v) is 47.5. The molecule has 12 rings (SSSR count). The van der Waals surface area contributed by atoms with E-state index in [2.05, 4.69) is 92.6 Å². The number of ether oxygens (including phenoxy) is 1. The lowest BCUT2D eigenvalue weighted by atomic mass is 9.77. The zero-order valence-electron chi connectivity index (χ0n) is 46.7. The molecule has 2 aromatic heterocycles. The number of hydrogen-bond acceptors (Lipinski definition) is 10. The van der Waals surface area contributed by atoms with Crippen LogP contribution >= 0.6 is 0 Å². The summed E-state index contributed by atoms with van der Waals surface area (Å²) < 4.78 is 38.1. The van der Waals surface area contributed by atoms with Crippen molar-refractivity contribution in [3.05, 3.63) is 306 Å². The summed E-state index contributed by atoms with van der Waals surface area (Å²) >= 11 is 0. The number of aromatic amines is 1. The van der Waals surface area contributed by atoms with Crippen LogP contribution in [0.1, 0.15) is 75.9 Å². The molecule has 11 aromatic rings. The first-order chi connectivity index (χ1) is 41.4. The van der Waals surface area contributed by atoms with Gasteiger partial charge in [-0.3, -0.25) is 18.6 Å². The first kappa shape index (κ1) is 62.6. The van der Waals surface area contributed by atoms with Crippen LogP contribution in [0.4, 0.5) is 11.4 Å². The molecule has 0 saturated heterocycles. The molecule has 15 heteroatoms. The van der Waals surface area contributed by atoms with Gasteiger partial charge in [0.25, 0.3) is 21.9 Å². The molecule has 0 aliphatic carbocycles. The molecule has 0 saturated carbocycles. The van der Waals surface area contributed by atoms with Gasteiger partial charge < -0.3 is 24.7 Å². The second-order valence-electron chi connectivity index (χ2n) is 19.8. The van der Waals surface area contributed by atoms with Crippen LogP contribution in [0.5, 0.6) is 11.5 Å². The predicted octanol–water partition coefficient (Wildman–Crippen LogP) is 14.8. The Morgan fingerprint density at radius 2 is 1.10 bits per heavy atom. The van der Waals surface area contributed by atoms with Gasteiger partial charge in [-0.1, -0.05) is 196 Å². The fourth-order valence-corrected chi connectivity index (χ4v) is 11.2. The molecule has 3 N–H and O–H groups in total. The van der Waals surface area contributed by atoms with E-state index in [1.54, 1.807) is 79.3 Å². The van der Waals surface area contributed by atoms with E-state index in [0.717, 1.165) is 61.1 Å². The zero-order chi connectivity index (χ0) is 59.2. The first-order valence-electron chi connectivity index (χ1n) is 27.5. The minimum atomic E-state index is -3.89. The Hall–Kier alpha value is -10.5. The van der Waals surface area contributed by atoms with Crippen molar-refractivity contribution in [2.75, 3.05) is 23.4 Å². The second kappa shape index (κ2) is 28.9. The maximum absolute atomic E-state index is 12.8. The highest BCUT2D eigenvalue weighted by Gasteiger charge is 2.39. The van der Waals surface area contributed by atoms with Gasteiger partial charge in [0.2, 0.25) is 5.91 Å². The van der Waals surface area contributed by atoms with Crippen molar-refractivity contribution in [3.8, 4) is 34.0 Å². The summed E-state index contributed by atoms with van der Waals surface area (Å²) in [4.78, 5) is 49.9. The van der Waals surface area contributed by atoms with Gasteiger partial charge in [-0.05, 0) is 102 Å². The number of aromatic hydroxyl groups is 1. The lowest BCUT2D eigenvalue weighted by Gasteiger charge is -2.37. The quantitative estimate of drug-likeness (QED) is 0.0450. The average molecular weight is 1180 g/mol. The number of fused-ring (bicyclic) bond motifs is 1. The van der Waals surface area contributed by atoms with Crippen LogP contribution in [-0.2, 0) is 37.5 Å². The third kappa shape index (κ3) is 14.2. The molecule has 0 unspecified atom stereocenters. The van der Waals surface area contributed by atoms with E-state index in [9.17, 15) is 27.9 Å². The van der Waals surface area contributed by atoms with Gasteiger partial charge in [-0.2, -0.15) is 8.42 Å². The number of nitrogens with one attached hydrogen (secondary N) is 2. The van der Waals surface area contributed by atoms with Crippen molar-refractivity contribution in [3.63, 3.8) is 0 Å². The van der Waals surface area contributed by atoms with Crippen molar-refractivity contribution in [1.29, 1.82) is 0 Å². The van der Waals surface area contributed by atoms with E-state index >= 15 is 0 Å². The molecule has 9 aromatic carbocycles. The van der Waals surface area contributed by atoms with Crippen LogP contribution < -0.4 is 15.0 Å². The number of para-hydroxylation sites is 4. The van der Waals surface area contributed by atoms with E-state index in [0.29, 0.717) is 41.0 Å². The largest absolute Gasteiger partial charge is 0.507 e. The Morgan fingerprint density at radius 1 is 0.598 bits per heavy atom. The summed E-state index contributed by atoms with van der Waals surface area (Å²) in [5, 5.41) is 13.2. The highest BCUT2D eigenvalue weighted by molar-refractivity contribution is 7.86. The molecule has 14 nitrogen and oxygen atoms in total. The molecule has 1 aliphatic heterocycles. The number of benzene rings is 9. The molecular formula is C72H68N6O8S. The highest BCUT2D eigenvalue weighted by Crippen LogP contribution is 2.42. The topological polar surface area (TPSA) is 186 Å². The summed E-state index contributed by atoms with van der Waals surface area (Å²) in [6, 6.07) is 74.3. The van der Waals surface area contributed by atoms with Crippen LogP contribution in [0.2, 0.25) is 0 Å². The van der Waals surface area contributed by atoms with Gasteiger partial charge in [-0.25, -0.2) is 14.9 Å². The van der Waals surface area contributed by atoms with Crippen molar-refractivity contribution < 1.29 is 36.8 Å². The number of amides is 3. The van der Waals surface area contributed by atoms with E-state index in [1.807, 2.05) is 104 Å². The number of rotatable bonds is 17. The Bertz CT molecular complexity index is 4050. The number of aryl methyl sites for hydroxylation is 1. The van der Waals surface area contributed by atoms with Crippen molar-refractivity contribution in [2.24, 2.45) is 0 Å². The first-order valence-corrected chi connectivity index (χ1v) is 28.9. The normalized spacial score (nSPS) is 11.6. The summed E-state index contributed by atoms with van der Waals surface area (Å²) in [7, 11) is -3.89. The number of anilines is 2. The maximum atomic E-state index is 12.8. The number of nitrogens with zero attached hydrogens (tertiary/aromatic N) is 4. The lowest BCUT2D eigenvalue weighted by Crippen LogP contribution is -2.36. The molecule has 3 amide bonds. The molecule has 0 atom stereocenters. The predicted molar refractivity (Wildman–Crippen MR) is 343 cm³/mol. The standard InChI is InChI=1S/C28H22N2O.C23H19NO5S.C19H19N3O2.2CH4/c31-27-19-11-10-18-25(27)26-20-30(21-29-26)28(22-12-4-1-5-13-22,23-14-6-2-7-15-23)24-16-8-3-9-17-24;1-16-10-12-18(13-11-16)30(27,28)29-15-14-17-6-2-5-9-21(17)24-22(25)19-7-3-4-8-20(19)23(24)26;1-14(23)22-17-8-4-2-6-15(17)10-11-24-19-9-5-3-7-16(19)18-12-20-13-21-18;;/h1-21,31H;2-13H,14-15H2,1H3;2-9,12-13H,10-11H2,1H3,(H,20,21)(H,22,23);2*1H4. The van der Waals surface area contributed by atoms with E-state index in [1.165, 1.54) is 19.1 Å². The van der Waals surface area contributed by atoms with Crippen LogP contribution in [0.3, 0.4) is 0 Å². The van der Waals surface area contributed by atoms with Crippen molar-refractivity contribution >= 4 is 39.2 Å². The molecule has 440 valence electrons. The molecule has 0 radical (unpaired) electrons. The van der Waals surface area contributed by atoms with Crippen molar-refractivity contribution in [1.82, 2.24) is 19.5 Å². The maximum Gasteiger partial charge on any atom is 0.296 e. The van der Waals surface area contributed by atoms with Crippen molar-refractivity contribution in [2.45, 2.75) is 52.0 Å². The number of H-pyrrole nitrogens is 1. The van der Waals surface area contributed by atoms with E-state index in [-0.39, 0.29) is 44.4 Å². The molecule has 0 bridgehead atoms. The van der Waals surface area contributed by atoms with Gasteiger partial charge in [0.1, 0.15) is 17.0 Å². The fraction of sp³-hybridized carbons (Fsp3) is 0.125. The number of imide groups is 1. The number of carbonyl (C=O) groups is 3. The minimum absolute atomic E-state index is 0. The summed E-state index contributed by atoms with van der Waals surface area (Å²) in [6.07, 6.45) is 8.21. The van der Waals surface area contributed by atoms with Gasteiger partial charge in [0, 0.05) is 36.4 Å². The molecule has 87 heavy (non-hydrogen) atoms. The van der Waals surface area contributed by atoms with E-state index < -0.39 is 27.5 Å². The minimum Gasteiger partial charge on any atom is -0.507 e. The summed E-state index contributed by atoms with van der Waals surface area (Å²) in [5.41, 5.74) is 10.7. The Labute approximate surface area is 508 Å². The molecule has 1 aliphatic rings. The molecule has 0 fully saturated rings. The van der Waals surface area contributed by atoms with Crippen LogP contribution in [0.25, 0.3) is 22.5 Å². The monoisotopic (exact) mass is 1180 g/mol. The fourth-order valence-electron chi connectivity index (χ4n) is 10.2. The highest BCUT2D eigenvalue weighted by atomic mass is 32.2. The van der Waals surface area contributed by atoms with Gasteiger partial charge in [0.05, 0.1) is 65.2 Å². The summed E-state index contributed by atoms with van der Waals surface area (Å²) in [5.74, 6) is 0.164. The van der Waals surface area contributed by atoms with Gasteiger partial charge in [0.15, 0.2) is 0 Å². The number of phenols is 1. The number of hydrogen-bond donors (Lipinski definition) is 3. The Morgan fingerprint density at radius 3 is 1.68 bits per heavy atom. The molecule has 0 spiro atoms. The Balaban J connectivity index is 0.000000169. The third-order valence-electron chi connectivity index (χ3n) is 14.3. The SMILES string of the molecule is C.C.CC(=O)Nc1ccccc1CCOc1ccccc1-c1cnc[nH]1.Cc1ccc(S(=O)(=O)OCCc2ccccc2N2C(=O)c3ccccc3C2=O)cc1.Oc1ccccc1-c1cn(C(c2ccccc2)(c2ccccc2)c2ccccc2)cn1.